The fourth-order valence-electron chi connectivity index (χ4n) is 1.99. The van der Waals surface area contributed by atoms with Gasteiger partial charge in [0.05, 0.1) is 19.6 Å². The average Bonchev–Trinajstić information content (AvgIpc) is 3.05. The maximum Gasteiger partial charge on any atom is 0.185 e. The molecule has 0 N–H and O–H groups in total. The molecule has 19 heavy (non-hydrogen) atoms. The Labute approximate surface area is 112 Å². The third-order valence-corrected chi connectivity index (χ3v) is 2.90. The standard InChI is InChI=1S/C14H18N2O3/c1-3-8-16-14(13(18-2)10-15-16)12(17)7-6-11-5-4-9-19-11/h4-5,9-10H,3,6-8H2,1-2H3. The third kappa shape index (κ3) is 3.05. The van der Waals surface area contributed by atoms with E-state index in [1.165, 1.54) is 0 Å². The molecule has 0 saturated heterocycles. The van der Waals surface area contributed by atoms with Crippen LogP contribution in [0.2, 0.25) is 0 Å². The Hall–Kier alpha value is -2.04. The van der Waals surface area contributed by atoms with Crippen molar-refractivity contribution in [3.63, 3.8) is 0 Å². The van der Waals surface area contributed by atoms with Gasteiger partial charge in [-0.2, -0.15) is 5.10 Å². The number of Topliss-reactive ketones (excluding diaryl/α,β-unsaturated/α-hetero) is 1. The Morgan fingerprint density at radius 2 is 2.37 bits per heavy atom. The molecule has 0 atom stereocenters. The Bertz CT molecular complexity index is 529. The summed E-state index contributed by atoms with van der Waals surface area (Å²) in [6.45, 7) is 2.76. The van der Waals surface area contributed by atoms with Crippen molar-refractivity contribution < 1.29 is 13.9 Å². The summed E-state index contributed by atoms with van der Waals surface area (Å²) in [5.74, 6) is 1.38. The van der Waals surface area contributed by atoms with Gasteiger partial charge in [0.25, 0.3) is 0 Å². The van der Waals surface area contributed by atoms with Gasteiger partial charge in [-0.15, -0.1) is 0 Å². The van der Waals surface area contributed by atoms with Gasteiger partial charge in [0.1, 0.15) is 11.5 Å². The SMILES string of the molecule is CCCn1ncc(OC)c1C(=O)CCc1ccco1. The van der Waals surface area contributed by atoms with Crippen molar-refractivity contribution in [1.29, 1.82) is 0 Å². The van der Waals surface area contributed by atoms with E-state index >= 15 is 0 Å². The van der Waals surface area contributed by atoms with Gasteiger partial charge in [0, 0.05) is 19.4 Å². The first-order chi connectivity index (χ1) is 9.26. The number of aryl methyl sites for hydroxylation is 2. The molecule has 0 aromatic carbocycles. The Kier molecular flexibility index (Phi) is 4.39. The van der Waals surface area contributed by atoms with Crippen LogP contribution in [-0.4, -0.2) is 22.7 Å². The van der Waals surface area contributed by atoms with Crippen molar-refractivity contribution in [2.75, 3.05) is 7.11 Å². The largest absolute Gasteiger partial charge is 0.493 e. The molecule has 2 heterocycles. The highest BCUT2D eigenvalue weighted by molar-refractivity contribution is 5.97. The van der Waals surface area contributed by atoms with Crippen molar-refractivity contribution in [3.8, 4) is 5.75 Å². The summed E-state index contributed by atoms with van der Waals surface area (Å²) < 4.78 is 12.1. The summed E-state index contributed by atoms with van der Waals surface area (Å²) in [5.41, 5.74) is 0.552. The lowest BCUT2D eigenvalue weighted by Gasteiger charge is -2.06. The van der Waals surface area contributed by atoms with Gasteiger partial charge in [0.2, 0.25) is 0 Å². The van der Waals surface area contributed by atoms with Gasteiger partial charge in [-0.25, -0.2) is 0 Å². The number of hydrogen-bond donors (Lipinski definition) is 0. The minimum absolute atomic E-state index is 0.0270. The molecular weight excluding hydrogens is 244 g/mol. The van der Waals surface area contributed by atoms with Gasteiger partial charge < -0.3 is 9.15 Å². The van der Waals surface area contributed by atoms with Gasteiger partial charge in [-0.05, 0) is 18.6 Å². The van der Waals surface area contributed by atoms with E-state index < -0.39 is 0 Å². The van der Waals surface area contributed by atoms with E-state index in [0.29, 0.717) is 30.8 Å². The Balaban J connectivity index is 2.10. The number of hydrogen-bond acceptors (Lipinski definition) is 4. The zero-order valence-corrected chi connectivity index (χ0v) is 11.3. The number of ether oxygens (including phenoxy) is 1. The molecule has 0 saturated carbocycles. The van der Waals surface area contributed by atoms with Crippen LogP contribution in [0.1, 0.15) is 36.0 Å². The first-order valence-corrected chi connectivity index (χ1v) is 6.41. The van der Waals surface area contributed by atoms with Crippen LogP contribution in [-0.2, 0) is 13.0 Å². The summed E-state index contributed by atoms with van der Waals surface area (Å²) in [7, 11) is 1.55. The maximum atomic E-state index is 12.3. The second-order valence-corrected chi connectivity index (χ2v) is 4.29. The van der Waals surface area contributed by atoms with Gasteiger partial charge >= 0.3 is 0 Å². The smallest absolute Gasteiger partial charge is 0.185 e. The number of nitrogens with zero attached hydrogens (tertiary/aromatic N) is 2. The molecular formula is C14H18N2O3. The normalized spacial score (nSPS) is 10.6. The highest BCUT2D eigenvalue weighted by atomic mass is 16.5. The summed E-state index contributed by atoms with van der Waals surface area (Å²) >= 11 is 0. The second-order valence-electron chi connectivity index (χ2n) is 4.29. The first kappa shape index (κ1) is 13.4. The van der Waals surface area contributed by atoms with Crippen molar-refractivity contribution in [3.05, 3.63) is 36.0 Å². The summed E-state index contributed by atoms with van der Waals surface area (Å²) in [6.07, 6.45) is 5.10. The molecule has 102 valence electrons. The predicted molar refractivity (Wildman–Crippen MR) is 70.4 cm³/mol. The number of methoxy groups -OCH3 is 1. The maximum absolute atomic E-state index is 12.3. The molecule has 5 heteroatoms. The van der Waals surface area contributed by atoms with Crippen LogP contribution in [0, 0.1) is 0 Å². The number of carbonyl (C=O) groups is 1. The van der Waals surface area contributed by atoms with E-state index in [1.807, 2.05) is 19.1 Å². The number of ketones is 1. The molecule has 0 aliphatic carbocycles. The highest BCUT2D eigenvalue weighted by Gasteiger charge is 2.19. The molecule has 0 amide bonds. The van der Waals surface area contributed by atoms with Crippen molar-refractivity contribution in [2.45, 2.75) is 32.7 Å². The molecule has 0 bridgehead atoms. The summed E-state index contributed by atoms with van der Waals surface area (Å²) in [6, 6.07) is 3.69. The lowest BCUT2D eigenvalue weighted by atomic mass is 10.1. The minimum Gasteiger partial charge on any atom is -0.493 e. The summed E-state index contributed by atoms with van der Waals surface area (Å²) in [5, 5.41) is 4.19. The quantitative estimate of drug-likeness (QED) is 0.720. The zero-order chi connectivity index (χ0) is 13.7. The first-order valence-electron chi connectivity index (χ1n) is 6.41. The molecule has 2 rings (SSSR count). The second kappa shape index (κ2) is 6.22. The molecule has 0 radical (unpaired) electrons. The van der Waals surface area contributed by atoms with Crippen LogP contribution in [0.3, 0.4) is 0 Å². The van der Waals surface area contributed by atoms with E-state index in [0.717, 1.165) is 12.2 Å². The molecule has 2 aromatic rings. The van der Waals surface area contributed by atoms with E-state index in [1.54, 1.807) is 24.3 Å². The average molecular weight is 262 g/mol. The van der Waals surface area contributed by atoms with Crippen molar-refractivity contribution in [1.82, 2.24) is 9.78 Å². The van der Waals surface area contributed by atoms with Crippen LogP contribution in [0.5, 0.6) is 5.75 Å². The molecule has 0 aliphatic rings. The van der Waals surface area contributed by atoms with E-state index in [2.05, 4.69) is 5.10 Å². The van der Waals surface area contributed by atoms with Crippen molar-refractivity contribution >= 4 is 5.78 Å². The van der Waals surface area contributed by atoms with Crippen LogP contribution in [0.25, 0.3) is 0 Å². The molecule has 0 unspecified atom stereocenters. The molecule has 0 fully saturated rings. The monoisotopic (exact) mass is 262 g/mol. The Morgan fingerprint density at radius 3 is 3.00 bits per heavy atom. The minimum atomic E-state index is 0.0270. The summed E-state index contributed by atoms with van der Waals surface area (Å²) in [4.78, 5) is 12.3. The van der Waals surface area contributed by atoms with E-state index in [-0.39, 0.29) is 5.78 Å². The number of rotatable bonds is 7. The number of furan rings is 1. The van der Waals surface area contributed by atoms with Gasteiger partial charge in [-0.1, -0.05) is 6.92 Å². The lowest BCUT2D eigenvalue weighted by molar-refractivity contribution is 0.0967. The molecule has 0 spiro atoms. The number of aromatic nitrogens is 2. The highest BCUT2D eigenvalue weighted by Crippen LogP contribution is 2.20. The van der Waals surface area contributed by atoms with E-state index in [4.69, 9.17) is 9.15 Å². The van der Waals surface area contributed by atoms with Gasteiger partial charge in [-0.3, -0.25) is 9.48 Å². The molecule has 5 nitrogen and oxygen atoms in total. The fourth-order valence-corrected chi connectivity index (χ4v) is 1.99. The third-order valence-electron chi connectivity index (χ3n) is 2.90. The van der Waals surface area contributed by atoms with Crippen LogP contribution in [0.4, 0.5) is 0 Å². The topological polar surface area (TPSA) is 57.3 Å². The predicted octanol–water partition coefficient (Wildman–Crippen LogP) is 2.71. The van der Waals surface area contributed by atoms with Crippen molar-refractivity contribution in [2.24, 2.45) is 0 Å². The van der Waals surface area contributed by atoms with E-state index in [9.17, 15) is 4.79 Å². The Morgan fingerprint density at radius 1 is 1.53 bits per heavy atom. The molecule has 2 aromatic heterocycles. The van der Waals surface area contributed by atoms with Gasteiger partial charge in [0.15, 0.2) is 11.5 Å². The zero-order valence-electron chi connectivity index (χ0n) is 11.3. The molecule has 0 aliphatic heterocycles. The van der Waals surface area contributed by atoms with Crippen LogP contribution < -0.4 is 4.74 Å². The van der Waals surface area contributed by atoms with Crippen LogP contribution in [0.15, 0.2) is 29.0 Å². The van der Waals surface area contributed by atoms with Crippen LogP contribution >= 0.6 is 0 Å². The lowest BCUT2D eigenvalue weighted by Crippen LogP contribution is -2.12. The number of carbonyl (C=O) groups excluding carboxylic acids is 1. The fraction of sp³-hybridized carbons (Fsp3) is 0.429.